The summed E-state index contributed by atoms with van der Waals surface area (Å²) in [6.07, 6.45) is -4.39. The number of carbonyl (C=O) groups is 3. The van der Waals surface area contributed by atoms with Crippen LogP contribution in [0.2, 0.25) is 0 Å². The number of aliphatic carboxylic acids is 2. The van der Waals surface area contributed by atoms with Crippen molar-refractivity contribution in [3.05, 3.63) is 29.8 Å². The number of hydrogen-bond acceptors (Lipinski definition) is 4. The van der Waals surface area contributed by atoms with E-state index >= 15 is 0 Å². The van der Waals surface area contributed by atoms with Crippen molar-refractivity contribution >= 4 is 23.5 Å². The molecule has 0 bridgehead atoms. The third kappa shape index (κ3) is 3.64. The van der Waals surface area contributed by atoms with Crippen molar-refractivity contribution in [2.75, 3.05) is 31.6 Å². The summed E-state index contributed by atoms with van der Waals surface area (Å²) in [5.74, 6) is -3.52. The Kier molecular flexibility index (Phi) is 5.26. The van der Waals surface area contributed by atoms with Crippen LogP contribution in [0.5, 0.6) is 0 Å². The molecule has 1 unspecified atom stereocenters. The normalized spacial score (nSPS) is 22.2. The van der Waals surface area contributed by atoms with Gasteiger partial charge in [-0.1, -0.05) is 18.2 Å². The first-order valence-corrected chi connectivity index (χ1v) is 7.61. The van der Waals surface area contributed by atoms with Crippen LogP contribution in [-0.2, 0) is 19.8 Å². The number of benzene rings is 1. The van der Waals surface area contributed by atoms with E-state index < -0.39 is 23.5 Å². The first-order valence-electron chi connectivity index (χ1n) is 7.61. The van der Waals surface area contributed by atoms with Gasteiger partial charge in [0.2, 0.25) is 5.91 Å². The summed E-state index contributed by atoms with van der Waals surface area (Å²) in [7, 11) is 1.79. The number of amides is 1. The van der Waals surface area contributed by atoms with E-state index in [0.29, 0.717) is 19.5 Å². The largest absolute Gasteiger partial charge is 0.490 e. The molecule has 2 aliphatic rings. The number of halogens is 3. The average Bonchev–Trinajstić information content (AvgIpc) is 3.04. The Hall–Kier alpha value is -2.62. The van der Waals surface area contributed by atoms with E-state index in [1.807, 2.05) is 29.2 Å². The van der Waals surface area contributed by atoms with Crippen LogP contribution in [0.3, 0.4) is 0 Å². The Morgan fingerprint density at radius 1 is 1.23 bits per heavy atom. The fourth-order valence-electron chi connectivity index (χ4n) is 3.33. The average molecular weight is 374 g/mol. The van der Waals surface area contributed by atoms with Crippen molar-refractivity contribution in [1.82, 2.24) is 4.90 Å². The summed E-state index contributed by atoms with van der Waals surface area (Å²) in [5.41, 5.74) is 1.45. The number of alkyl halides is 3. The Morgan fingerprint density at radius 3 is 2.35 bits per heavy atom. The Morgan fingerprint density at radius 2 is 1.81 bits per heavy atom. The molecule has 142 valence electrons. The molecular weight excluding hydrogens is 357 g/mol. The zero-order chi connectivity index (χ0) is 19.7. The van der Waals surface area contributed by atoms with Crippen LogP contribution in [0.1, 0.15) is 12.0 Å². The topological polar surface area (TPSA) is 98.2 Å². The van der Waals surface area contributed by atoms with Gasteiger partial charge in [0.15, 0.2) is 0 Å². The lowest BCUT2D eigenvalue weighted by Gasteiger charge is -2.22. The summed E-state index contributed by atoms with van der Waals surface area (Å²) in [4.78, 5) is 35.8. The number of likely N-dealkylation sites (N-methyl/N-ethyl adjacent to an activating group) is 1. The van der Waals surface area contributed by atoms with E-state index in [-0.39, 0.29) is 12.5 Å². The Labute approximate surface area is 146 Å². The number of fused-ring (bicyclic) bond motifs is 2. The second-order valence-electron chi connectivity index (χ2n) is 6.12. The van der Waals surface area contributed by atoms with E-state index in [4.69, 9.17) is 15.0 Å². The molecule has 3 rings (SSSR count). The van der Waals surface area contributed by atoms with Crippen LogP contribution in [0.4, 0.5) is 18.9 Å². The highest BCUT2D eigenvalue weighted by molar-refractivity contribution is 6.08. The minimum atomic E-state index is -5.08. The summed E-state index contributed by atoms with van der Waals surface area (Å²) >= 11 is 0. The maximum atomic E-state index is 12.6. The molecule has 7 nitrogen and oxygen atoms in total. The highest BCUT2D eigenvalue weighted by Gasteiger charge is 2.53. The van der Waals surface area contributed by atoms with Gasteiger partial charge in [-0.05, 0) is 18.1 Å². The van der Waals surface area contributed by atoms with E-state index in [2.05, 4.69) is 0 Å². The number of rotatable bonds is 2. The third-order valence-corrected chi connectivity index (χ3v) is 4.44. The zero-order valence-corrected chi connectivity index (χ0v) is 13.8. The van der Waals surface area contributed by atoms with Crippen LogP contribution in [-0.4, -0.2) is 65.8 Å². The molecule has 0 aliphatic carbocycles. The monoisotopic (exact) mass is 374 g/mol. The number of para-hydroxylation sites is 1. The summed E-state index contributed by atoms with van der Waals surface area (Å²) in [6.45, 7) is 1.15. The molecule has 1 aromatic carbocycles. The fourth-order valence-corrected chi connectivity index (χ4v) is 3.33. The van der Waals surface area contributed by atoms with Crippen LogP contribution in [0.15, 0.2) is 24.3 Å². The van der Waals surface area contributed by atoms with Crippen LogP contribution < -0.4 is 4.90 Å². The molecule has 10 heteroatoms. The molecule has 2 N–H and O–H groups in total. The van der Waals surface area contributed by atoms with Crippen LogP contribution in [0.25, 0.3) is 0 Å². The molecule has 26 heavy (non-hydrogen) atoms. The molecule has 0 aromatic heterocycles. The highest BCUT2D eigenvalue weighted by Crippen LogP contribution is 2.46. The standard InChI is InChI=1S/C14H16N2O3.C2HF3O2/c1-15-11-5-3-2-4-10(11)14(13(15)19)6-7-16(9-14)8-12(17)18;3-2(4,5)1(6)7/h2-5H,6-9H2,1H3,(H,17,18);(H,6,7). The van der Waals surface area contributed by atoms with Gasteiger partial charge in [-0.2, -0.15) is 13.2 Å². The van der Waals surface area contributed by atoms with Gasteiger partial charge in [-0.25, -0.2) is 4.79 Å². The lowest BCUT2D eigenvalue weighted by molar-refractivity contribution is -0.192. The zero-order valence-electron chi connectivity index (χ0n) is 13.8. The smallest absolute Gasteiger partial charge is 0.480 e. The van der Waals surface area contributed by atoms with Gasteiger partial charge in [0.25, 0.3) is 0 Å². The number of carboxylic acid groups (broad SMARTS) is 2. The van der Waals surface area contributed by atoms with Crippen molar-refractivity contribution in [2.24, 2.45) is 0 Å². The van der Waals surface area contributed by atoms with Crippen molar-refractivity contribution in [3.8, 4) is 0 Å². The molecule has 2 aliphatic heterocycles. The Balaban J connectivity index is 0.000000298. The van der Waals surface area contributed by atoms with Crippen molar-refractivity contribution in [1.29, 1.82) is 0 Å². The van der Waals surface area contributed by atoms with Gasteiger partial charge >= 0.3 is 18.1 Å². The van der Waals surface area contributed by atoms with Crippen LogP contribution >= 0.6 is 0 Å². The lowest BCUT2D eigenvalue weighted by atomic mass is 9.81. The maximum absolute atomic E-state index is 12.6. The molecule has 0 saturated carbocycles. The van der Waals surface area contributed by atoms with Gasteiger partial charge in [0, 0.05) is 25.8 Å². The summed E-state index contributed by atoms with van der Waals surface area (Å²) in [6, 6.07) is 7.79. The number of nitrogens with zero attached hydrogens (tertiary/aromatic N) is 2. The number of anilines is 1. The van der Waals surface area contributed by atoms with E-state index in [9.17, 15) is 22.8 Å². The maximum Gasteiger partial charge on any atom is 0.490 e. The quantitative estimate of drug-likeness (QED) is 0.810. The molecule has 1 fully saturated rings. The SMILES string of the molecule is CN1C(=O)C2(CCN(CC(=O)O)C2)c2ccccc21.O=C(O)C(F)(F)F. The molecule has 1 aromatic rings. The minimum Gasteiger partial charge on any atom is -0.480 e. The van der Waals surface area contributed by atoms with E-state index in [1.54, 1.807) is 11.9 Å². The summed E-state index contributed by atoms with van der Waals surface area (Å²) in [5, 5.41) is 16.0. The van der Waals surface area contributed by atoms with Crippen molar-refractivity contribution < 1.29 is 37.8 Å². The van der Waals surface area contributed by atoms with Crippen molar-refractivity contribution in [3.63, 3.8) is 0 Å². The van der Waals surface area contributed by atoms with Crippen LogP contribution in [0, 0.1) is 0 Å². The van der Waals surface area contributed by atoms with Gasteiger partial charge in [-0.3, -0.25) is 14.5 Å². The van der Waals surface area contributed by atoms with Gasteiger partial charge in [0.1, 0.15) is 0 Å². The lowest BCUT2D eigenvalue weighted by Crippen LogP contribution is -2.41. The Bertz CT molecular complexity index is 737. The molecule has 0 radical (unpaired) electrons. The highest BCUT2D eigenvalue weighted by atomic mass is 19.4. The molecule has 1 saturated heterocycles. The van der Waals surface area contributed by atoms with Gasteiger partial charge < -0.3 is 15.1 Å². The minimum absolute atomic E-state index is 0.000904. The van der Waals surface area contributed by atoms with E-state index in [0.717, 1.165) is 11.3 Å². The first-order chi connectivity index (χ1) is 12.0. The number of hydrogen-bond donors (Lipinski definition) is 2. The molecule has 1 atom stereocenters. The van der Waals surface area contributed by atoms with Crippen molar-refractivity contribution in [2.45, 2.75) is 18.0 Å². The summed E-state index contributed by atoms with van der Waals surface area (Å²) < 4.78 is 31.7. The predicted molar refractivity (Wildman–Crippen MR) is 83.9 cm³/mol. The second kappa shape index (κ2) is 6.94. The number of carbonyl (C=O) groups excluding carboxylic acids is 1. The number of likely N-dealkylation sites (tertiary alicyclic amines) is 1. The molecular formula is C16H17F3N2O5. The predicted octanol–water partition coefficient (Wildman–Crippen LogP) is 1.32. The first kappa shape index (κ1) is 19.7. The third-order valence-electron chi connectivity index (χ3n) is 4.44. The molecule has 2 heterocycles. The second-order valence-corrected chi connectivity index (χ2v) is 6.12. The number of carboxylic acids is 2. The van der Waals surface area contributed by atoms with E-state index in [1.165, 1.54) is 0 Å². The van der Waals surface area contributed by atoms with Gasteiger partial charge in [-0.15, -0.1) is 0 Å². The van der Waals surface area contributed by atoms with Gasteiger partial charge in [0.05, 0.1) is 12.0 Å². The molecule has 1 spiro atoms. The molecule has 1 amide bonds. The fraction of sp³-hybridized carbons (Fsp3) is 0.438.